The van der Waals surface area contributed by atoms with Crippen molar-refractivity contribution in [1.29, 1.82) is 0 Å². The topological polar surface area (TPSA) is 102 Å². The van der Waals surface area contributed by atoms with Crippen molar-refractivity contribution in [3.63, 3.8) is 0 Å². The number of amides is 1. The first-order valence-corrected chi connectivity index (χ1v) is 9.68. The number of ether oxygens (including phenoxy) is 1. The summed E-state index contributed by atoms with van der Waals surface area (Å²) in [5, 5.41) is 4.59. The van der Waals surface area contributed by atoms with Crippen LogP contribution < -0.4 is 10.0 Å². The largest absolute Gasteiger partial charge is 0.469 e. The van der Waals surface area contributed by atoms with Crippen molar-refractivity contribution in [2.24, 2.45) is 0 Å². The van der Waals surface area contributed by atoms with Gasteiger partial charge in [0.05, 0.1) is 24.5 Å². The number of methoxy groups -OCH3 is 1. The molecule has 2 aromatic rings. The average Bonchev–Trinajstić information content (AvgIpc) is 3.15. The zero-order valence-corrected chi connectivity index (χ0v) is 15.3. The van der Waals surface area contributed by atoms with Crippen LogP contribution in [0.1, 0.15) is 27.7 Å². The number of benzene rings is 1. The van der Waals surface area contributed by atoms with E-state index in [4.69, 9.17) is 0 Å². The molecule has 1 atom stereocenters. The van der Waals surface area contributed by atoms with Crippen LogP contribution in [0.2, 0.25) is 0 Å². The van der Waals surface area contributed by atoms with E-state index in [1.54, 1.807) is 6.07 Å². The van der Waals surface area contributed by atoms with E-state index in [1.807, 2.05) is 11.4 Å². The fraction of sp³-hybridized carbons (Fsp3) is 0.250. The first-order chi connectivity index (χ1) is 11.9. The molecule has 1 amide bonds. The molecule has 0 spiro atoms. The van der Waals surface area contributed by atoms with Crippen molar-refractivity contribution in [3.8, 4) is 0 Å². The Labute approximate surface area is 150 Å². The van der Waals surface area contributed by atoms with Gasteiger partial charge in [-0.25, -0.2) is 13.1 Å². The number of hydrogen-bond acceptors (Lipinski definition) is 6. The molecule has 0 saturated heterocycles. The summed E-state index contributed by atoms with van der Waals surface area (Å²) in [7, 11) is -1.07. The number of carbonyl (C=O) groups is 2. The fourth-order valence-corrected chi connectivity index (χ4v) is 3.68. The highest BCUT2D eigenvalue weighted by molar-refractivity contribution is 7.89. The number of nitrogens with one attached hydrogen (secondary N) is 2. The van der Waals surface area contributed by atoms with Gasteiger partial charge in [0.15, 0.2) is 0 Å². The van der Waals surface area contributed by atoms with E-state index >= 15 is 0 Å². The molecule has 0 aliphatic heterocycles. The number of sulfonamides is 1. The van der Waals surface area contributed by atoms with Crippen molar-refractivity contribution in [1.82, 2.24) is 10.0 Å². The lowest BCUT2D eigenvalue weighted by atomic mass is 10.1. The van der Waals surface area contributed by atoms with E-state index in [0.717, 1.165) is 4.88 Å². The minimum Gasteiger partial charge on any atom is -0.469 e. The molecule has 25 heavy (non-hydrogen) atoms. The van der Waals surface area contributed by atoms with Crippen LogP contribution in [0.3, 0.4) is 0 Å². The Kier molecular flexibility index (Phi) is 6.29. The van der Waals surface area contributed by atoms with E-state index in [1.165, 1.54) is 49.8 Å². The molecule has 134 valence electrons. The van der Waals surface area contributed by atoms with Gasteiger partial charge in [0.1, 0.15) is 0 Å². The van der Waals surface area contributed by atoms with Gasteiger partial charge in [-0.1, -0.05) is 12.1 Å². The van der Waals surface area contributed by atoms with Gasteiger partial charge in [0, 0.05) is 10.4 Å². The lowest BCUT2D eigenvalue weighted by molar-refractivity contribution is -0.141. The van der Waals surface area contributed by atoms with Gasteiger partial charge >= 0.3 is 5.97 Å². The summed E-state index contributed by atoms with van der Waals surface area (Å²) in [6.07, 6.45) is -0.0166. The second-order valence-electron chi connectivity index (χ2n) is 5.06. The normalized spacial score (nSPS) is 12.4. The third-order valence-corrected chi connectivity index (χ3v) is 5.86. The second kappa shape index (κ2) is 8.24. The van der Waals surface area contributed by atoms with Gasteiger partial charge in [-0.3, -0.25) is 9.59 Å². The SMILES string of the molecule is CNS(=O)(=O)c1cccc(C(=O)NC(CC(=O)OC)c2cccs2)c1. The number of carbonyl (C=O) groups excluding carboxylic acids is 2. The molecule has 0 aliphatic carbocycles. The molecular weight excluding hydrogens is 364 g/mol. The number of esters is 1. The summed E-state index contributed by atoms with van der Waals surface area (Å²) in [6, 6.07) is 8.74. The van der Waals surface area contributed by atoms with Crippen molar-refractivity contribution < 1.29 is 22.7 Å². The molecule has 9 heteroatoms. The summed E-state index contributed by atoms with van der Waals surface area (Å²) >= 11 is 1.40. The zero-order valence-electron chi connectivity index (χ0n) is 13.7. The molecule has 2 rings (SSSR count). The number of thiophene rings is 1. The van der Waals surface area contributed by atoms with Crippen molar-refractivity contribution in [2.45, 2.75) is 17.4 Å². The first kappa shape index (κ1) is 19.1. The van der Waals surface area contributed by atoms with Crippen LogP contribution in [0, 0.1) is 0 Å². The molecule has 1 aromatic carbocycles. The van der Waals surface area contributed by atoms with Gasteiger partial charge in [0.25, 0.3) is 5.91 Å². The molecule has 1 unspecified atom stereocenters. The molecule has 0 bridgehead atoms. The van der Waals surface area contributed by atoms with Crippen LogP contribution in [0.4, 0.5) is 0 Å². The van der Waals surface area contributed by atoms with Crippen LogP contribution in [0.25, 0.3) is 0 Å². The minimum absolute atomic E-state index is 0.0108. The fourth-order valence-electron chi connectivity index (χ4n) is 2.13. The predicted molar refractivity (Wildman–Crippen MR) is 93.8 cm³/mol. The molecule has 1 aromatic heterocycles. The molecule has 2 N–H and O–H groups in total. The Hall–Kier alpha value is -2.23. The maximum atomic E-state index is 12.5. The van der Waals surface area contributed by atoms with E-state index in [0.29, 0.717) is 0 Å². The Morgan fingerprint density at radius 2 is 2.00 bits per heavy atom. The summed E-state index contributed by atoms with van der Waals surface area (Å²) in [4.78, 5) is 24.9. The average molecular weight is 382 g/mol. The van der Waals surface area contributed by atoms with Crippen LogP contribution in [-0.2, 0) is 19.6 Å². The van der Waals surface area contributed by atoms with E-state index < -0.39 is 27.9 Å². The van der Waals surface area contributed by atoms with Gasteiger partial charge in [0.2, 0.25) is 10.0 Å². The van der Waals surface area contributed by atoms with E-state index in [2.05, 4.69) is 14.8 Å². The smallest absolute Gasteiger partial charge is 0.307 e. The van der Waals surface area contributed by atoms with Crippen LogP contribution in [0.5, 0.6) is 0 Å². The Balaban J connectivity index is 2.24. The first-order valence-electron chi connectivity index (χ1n) is 7.32. The van der Waals surface area contributed by atoms with E-state index in [9.17, 15) is 18.0 Å². The number of hydrogen-bond donors (Lipinski definition) is 2. The highest BCUT2D eigenvalue weighted by Crippen LogP contribution is 2.23. The Bertz CT molecular complexity index is 847. The minimum atomic E-state index is -3.65. The predicted octanol–water partition coefficient (Wildman–Crippen LogP) is 1.69. The Morgan fingerprint density at radius 3 is 2.60 bits per heavy atom. The number of rotatable bonds is 7. The second-order valence-corrected chi connectivity index (χ2v) is 7.92. The molecule has 1 heterocycles. The molecule has 0 aliphatic rings. The van der Waals surface area contributed by atoms with E-state index in [-0.39, 0.29) is 16.9 Å². The van der Waals surface area contributed by atoms with Gasteiger partial charge in [-0.15, -0.1) is 11.3 Å². The van der Waals surface area contributed by atoms with Gasteiger partial charge in [-0.2, -0.15) is 0 Å². The van der Waals surface area contributed by atoms with Crippen molar-refractivity contribution >= 4 is 33.2 Å². The summed E-state index contributed by atoms with van der Waals surface area (Å²) < 4.78 is 30.6. The quantitative estimate of drug-likeness (QED) is 0.710. The maximum absolute atomic E-state index is 12.5. The van der Waals surface area contributed by atoms with Crippen LogP contribution >= 0.6 is 11.3 Å². The lowest BCUT2D eigenvalue weighted by Gasteiger charge is -2.16. The lowest BCUT2D eigenvalue weighted by Crippen LogP contribution is -2.30. The van der Waals surface area contributed by atoms with Crippen molar-refractivity contribution in [2.75, 3.05) is 14.2 Å². The molecular formula is C16H18N2O5S2. The zero-order chi connectivity index (χ0) is 18.4. The summed E-state index contributed by atoms with van der Waals surface area (Å²) in [5.74, 6) is -0.930. The summed E-state index contributed by atoms with van der Waals surface area (Å²) in [5.41, 5.74) is 0.183. The van der Waals surface area contributed by atoms with Crippen LogP contribution in [-0.4, -0.2) is 34.5 Å². The monoisotopic (exact) mass is 382 g/mol. The molecule has 0 fully saturated rings. The van der Waals surface area contributed by atoms with Crippen molar-refractivity contribution in [3.05, 3.63) is 52.2 Å². The van der Waals surface area contributed by atoms with Gasteiger partial charge in [-0.05, 0) is 36.7 Å². The Morgan fingerprint density at radius 1 is 1.24 bits per heavy atom. The molecule has 0 radical (unpaired) electrons. The molecule has 0 saturated carbocycles. The summed E-state index contributed by atoms with van der Waals surface area (Å²) in [6.45, 7) is 0. The standard InChI is InChI=1S/C16H18N2O5S2/c1-17-25(21,22)12-6-3-5-11(9-12)16(20)18-13(10-15(19)23-2)14-7-4-8-24-14/h3-9,13,17H,10H2,1-2H3,(H,18,20). The maximum Gasteiger partial charge on any atom is 0.307 e. The van der Waals surface area contributed by atoms with Gasteiger partial charge < -0.3 is 10.1 Å². The molecule has 7 nitrogen and oxygen atoms in total. The highest BCUT2D eigenvalue weighted by atomic mass is 32.2. The third-order valence-electron chi connectivity index (χ3n) is 3.47. The third kappa shape index (κ3) is 4.88. The van der Waals surface area contributed by atoms with Crippen LogP contribution in [0.15, 0.2) is 46.7 Å². The highest BCUT2D eigenvalue weighted by Gasteiger charge is 2.21.